The average Bonchev–Trinajstić information content (AvgIpc) is 3.12. The highest BCUT2D eigenvalue weighted by Crippen LogP contribution is 2.35. The van der Waals surface area contributed by atoms with Crippen molar-refractivity contribution in [3.8, 4) is 5.75 Å². The number of quaternary nitrogens is 1. The fourth-order valence-corrected chi connectivity index (χ4v) is 4.89. The van der Waals surface area contributed by atoms with Gasteiger partial charge in [-0.15, -0.1) is 0 Å². The van der Waals surface area contributed by atoms with Crippen molar-refractivity contribution in [2.24, 2.45) is 0 Å². The molecule has 7 heteroatoms. The number of nitrogens with one attached hydrogen (secondary N) is 2. The lowest BCUT2D eigenvalue weighted by atomic mass is 9.95. The van der Waals surface area contributed by atoms with E-state index in [4.69, 9.17) is 0 Å². The lowest BCUT2D eigenvalue weighted by Crippen LogP contribution is -3.14. The summed E-state index contributed by atoms with van der Waals surface area (Å²) in [6, 6.07) is 2.82. The Morgan fingerprint density at radius 1 is 1.39 bits per heavy atom. The maximum atomic E-state index is 14.1. The number of aryl methyl sites for hydroxylation is 1. The molecule has 0 bridgehead atoms. The molecule has 0 aliphatic carbocycles. The third-order valence-electron chi connectivity index (χ3n) is 6.41. The fourth-order valence-electron chi connectivity index (χ4n) is 4.89. The second-order valence-corrected chi connectivity index (χ2v) is 8.06. The van der Waals surface area contributed by atoms with Crippen molar-refractivity contribution in [3.05, 3.63) is 39.4 Å². The number of halogens is 1. The van der Waals surface area contributed by atoms with E-state index in [9.17, 15) is 19.1 Å². The molecule has 3 heterocycles. The molecule has 0 saturated carbocycles. The molecule has 1 aromatic heterocycles. The number of benzene rings is 1. The van der Waals surface area contributed by atoms with Gasteiger partial charge in [0, 0.05) is 24.3 Å². The highest BCUT2D eigenvalue weighted by atomic mass is 19.1. The molecule has 1 fully saturated rings. The quantitative estimate of drug-likeness (QED) is 0.736. The Bertz CT molecular complexity index is 1000. The summed E-state index contributed by atoms with van der Waals surface area (Å²) in [5.74, 6) is -1.48. The number of likely N-dealkylation sites (tertiary alicyclic amines) is 1. The van der Waals surface area contributed by atoms with Gasteiger partial charge >= 0.3 is 0 Å². The van der Waals surface area contributed by atoms with Gasteiger partial charge in [-0.3, -0.25) is 9.59 Å². The molecule has 6 nitrogen and oxygen atoms in total. The lowest BCUT2D eigenvalue weighted by molar-refractivity contribution is -0.909. The molecule has 2 aromatic rings. The monoisotopic (exact) mass is 388 g/mol. The molecular weight excluding hydrogens is 361 g/mol. The number of carbonyl (C=O) groups is 1. The van der Waals surface area contributed by atoms with Crippen molar-refractivity contribution < 1.29 is 19.2 Å². The van der Waals surface area contributed by atoms with Crippen LogP contribution in [-0.4, -0.2) is 41.3 Å². The van der Waals surface area contributed by atoms with E-state index < -0.39 is 23.0 Å². The second kappa shape index (κ2) is 7.20. The zero-order valence-corrected chi connectivity index (χ0v) is 16.3. The highest BCUT2D eigenvalue weighted by molar-refractivity contribution is 6.03. The maximum Gasteiger partial charge on any atom is 0.267 e. The van der Waals surface area contributed by atoms with Crippen molar-refractivity contribution >= 4 is 16.8 Å². The Kier molecular flexibility index (Phi) is 4.87. The minimum atomic E-state index is -0.584. The molecule has 150 valence electrons. The van der Waals surface area contributed by atoms with Crippen LogP contribution in [0.3, 0.4) is 0 Å². The topological polar surface area (TPSA) is 75.8 Å². The number of aromatic hydroxyl groups is 1. The Morgan fingerprint density at radius 2 is 2.18 bits per heavy atom. The summed E-state index contributed by atoms with van der Waals surface area (Å²) >= 11 is 0. The molecule has 1 saturated heterocycles. The van der Waals surface area contributed by atoms with E-state index in [1.807, 2.05) is 6.92 Å². The first-order valence-corrected chi connectivity index (χ1v) is 10.1. The van der Waals surface area contributed by atoms with E-state index in [1.165, 1.54) is 17.0 Å². The predicted molar refractivity (Wildman–Crippen MR) is 105 cm³/mol. The molecule has 3 N–H and O–H groups in total. The highest BCUT2D eigenvalue weighted by Gasteiger charge is 2.31. The van der Waals surface area contributed by atoms with Crippen LogP contribution in [0.4, 0.5) is 4.39 Å². The second-order valence-electron chi connectivity index (χ2n) is 8.06. The first-order chi connectivity index (χ1) is 13.4. The number of hydrogen-bond acceptors (Lipinski definition) is 3. The van der Waals surface area contributed by atoms with E-state index in [1.54, 1.807) is 4.57 Å². The zero-order valence-electron chi connectivity index (χ0n) is 16.3. The number of carbonyl (C=O) groups excluding carboxylic acids is 1. The number of amides is 1. The molecule has 2 aliphatic rings. The summed E-state index contributed by atoms with van der Waals surface area (Å²) < 4.78 is 15.6. The summed E-state index contributed by atoms with van der Waals surface area (Å²) in [5, 5.41) is 13.8. The Labute approximate surface area is 163 Å². The van der Waals surface area contributed by atoms with Crippen LogP contribution in [0.2, 0.25) is 0 Å². The summed E-state index contributed by atoms with van der Waals surface area (Å²) in [6.45, 7) is 6.57. The molecule has 1 aromatic carbocycles. The van der Waals surface area contributed by atoms with Crippen LogP contribution >= 0.6 is 0 Å². The van der Waals surface area contributed by atoms with E-state index in [0.29, 0.717) is 36.5 Å². The van der Waals surface area contributed by atoms with Gasteiger partial charge in [-0.1, -0.05) is 0 Å². The van der Waals surface area contributed by atoms with Crippen molar-refractivity contribution in [2.45, 2.75) is 51.6 Å². The zero-order chi connectivity index (χ0) is 20.0. The SMILES string of the molecule is CC[NH+]1CCC[C@H]1CNC(=O)c1c(O)c2cc(F)cc3c2n(c1=O)[C@H](C)CC3. The summed E-state index contributed by atoms with van der Waals surface area (Å²) in [6.07, 6.45) is 3.48. The van der Waals surface area contributed by atoms with Crippen molar-refractivity contribution in [2.75, 3.05) is 19.6 Å². The average molecular weight is 388 g/mol. The van der Waals surface area contributed by atoms with Gasteiger partial charge in [0.1, 0.15) is 23.2 Å². The molecule has 0 radical (unpaired) electrons. The first-order valence-electron chi connectivity index (χ1n) is 10.1. The van der Waals surface area contributed by atoms with Crippen molar-refractivity contribution in [3.63, 3.8) is 0 Å². The minimum absolute atomic E-state index is 0.116. The van der Waals surface area contributed by atoms with E-state index in [-0.39, 0.29) is 17.0 Å². The maximum absolute atomic E-state index is 14.1. The molecule has 4 rings (SSSR count). The van der Waals surface area contributed by atoms with Crippen molar-refractivity contribution in [1.82, 2.24) is 9.88 Å². The van der Waals surface area contributed by atoms with Crippen molar-refractivity contribution in [1.29, 1.82) is 0 Å². The third-order valence-corrected chi connectivity index (χ3v) is 6.41. The Morgan fingerprint density at radius 3 is 2.93 bits per heavy atom. The molecule has 3 atom stereocenters. The van der Waals surface area contributed by atoms with Crippen LogP contribution < -0.4 is 15.8 Å². The fraction of sp³-hybridized carbons (Fsp3) is 0.524. The molecule has 28 heavy (non-hydrogen) atoms. The van der Waals surface area contributed by atoms with Crippen LogP contribution in [0, 0.1) is 5.82 Å². The van der Waals surface area contributed by atoms with E-state index in [0.717, 1.165) is 25.9 Å². The number of rotatable bonds is 4. The standard InChI is InChI=1S/C21H26FN3O3/c1-3-24-8-4-5-15(24)11-23-20(27)17-19(26)16-10-14(22)9-13-7-6-12(2)25(18(13)16)21(17)28/h9-10,12,15,26H,3-8,11H2,1-2H3,(H,23,27)/p+1/t12-,15+/m1/s1. The summed E-state index contributed by atoms with van der Waals surface area (Å²) in [4.78, 5) is 27.4. The number of likely N-dealkylation sites (N-methyl/N-ethyl adjacent to an activating group) is 1. The van der Waals surface area contributed by atoms with E-state index in [2.05, 4.69) is 12.2 Å². The normalized spacial score (nSPS) is 23.9. The summed E-state index contributed by atoms with van der Waals surface area (Å²) in [5.41, 5.74) is 0.444. The smallest absolute Gasteiger partial charge is 0.267 e. The van der Waals surface area contributed by atoms with Gasteiger partial charge in [0.15, 0.2) is 0 Å². The van der Waals surface area contributed by atoms with Gasteiger partial charge < -0.3 is 19.9 Å². The van der Waals surface area contributed by atoms with E-state index >= 15 is 0 Å². The minimum Gasteiger partial charge on any atom is -0.506 e. The largest absolute Gasteiger partial charge is 0.506 e. The van der Waals surface area contributed by atoms with Crippen LogP contribution in [0.15, 0.2) is 16.9 Å². The first kappa shape index (κ1) is 18.9. The molecule has 0 spiro atoms. The number of aromatic nitrogens is 1. The third kappa shape index (κ3) is 2.98. The van der Waals surface area contributed by atoms with Gasteiger partial charge in [-0.2, -0.15) is 0 Å². The van der Waals surface area contributed by atoms with Crippen LogP contribution in [0.25, 0.3) is 10.9 Å². The van der Waals surface area contributed by atoms with Gasteiger partial charge in [0.2, 0.25) is 0 Å². The predicted octanol–water partition coefficient (Wildman–Crippen LogP) is 1.15. The van der Waals surface area contributed by atoms with Gasteiger partial charge in [0.25, 0.3) is 11.5 Å². The van der Waals surface area contributed by atoms with Gasteiger partial charge in [0.05, 0.1) is 25.2 Å². The molecule has 1 amide bonds. The Hall–Kier alpha value is -2.41. The summed E-state index contributed by atoms with van der Waals surface area (Å²) in [7, 11) is 0. The molecular formula is C21H27FN3O3+. The van der Waals surface area contributed by atoms with Crippen LogP contribution in [0.1, 0.15) is 55.1 Å². The lowest BCUT2D eigenvalue weighted by Gasteiger charge is -2.27. The molecule has 1 unspecified atom stereocenters. The molecule has 2 aliphatic heterocycles. The van der Waals surface area contributed by atoms with Crippen LogP contribution in [0.5, 0.6) is 5.75 Å². The Balaban J connectivity index is 1.75. The van der Waals surface area contributed by atoms with Crippen LogP contribution in [-0.2, 0) is 6.42 Å². The van der Waals surface area contributed by atoms with Gasteiger partial charge in [-0.25, -0.2) is 4.39 Å². The van der Waals surface area contributed by atoms with Gasteiger partial charge in [-0.05, 0) is 44.4 Å². The number of nitrogens with zero attached hydrogens (tertiary/aromatic N) is 1. The number of hydrogen-bond donors (Lipinski definition) is 3. The number of pyridine rings is 1.